The summed E-state index contributed by atoms with van der Waals surface area (Å²) in [5, 5.41) is 2.62. The quantitative estimate of drug-likeness (QED) is 0.618. The number of benzene rings is 2. The summed E-state index contributed by atoms with van der Waals surface area (Å²) in [4.78, 5) is 39.9. The first-order valence-electron chi connectivity index (χ1n) is 9.84. The molecule has 0 fully saturated rings. The number of amides is 1. The predicted molar refractivity (Wildman–Crippen MR) is 120 cm³/mol. The Morgan fingerprint density at radius 2 is 1.74 bits per heavy atom. The van der Waals surface area contributed by atoms with E-state index in [1.807, 2.05) is 43.3 Å². The van der Waals surface area contributed by atoms with E-state index in [1.54, 1.807) is 49.0 Å². The number of rotatable bonds is 6. The normalized spacial score (nSPS) is 11.6. The molecule has 0 saturated carbocycles. The highest BCUT2D eigenvalue weighted by molar-refractivity contribution is 5.97. The van der Waals surface area contributed by atoms with E-state index in [-0.39, 0.29) is 11.2 Å². The molecule has 0 spiro atoms. The van der Waals surface area contributed by atoms with E-state index in [0.717, 1.165) is 5.69 Å². The van der Waals surface area contributed by atoms with Crippen molar-refractivity contribution in [1.29, 1.82) is 0 Å². The molecule has 31 heavy (non-hydrogen) atoms. The molecule has 0 unspecified atom stereocenters. The molecule has 3 rings (SSSR count). The maximum atomic E-state index is 12.9. The van der Waals surface area contributed by atoms with Gasteiger partial charge >= 0.3 is 5.97 Å². The Hall–Kier alpha value is -3.81. The Kier molecular flexibility index (Phi) is 6.29. The zero-order chi connectivity index (χ0) is 22.7. The summed E-state index contributed by atoms with van der Waals surface area (Å²) in [6.07, 6.45) is -1.08. The molecule has 0 bridgehead atoms. The third-order valence-electron chi connectivity index (χ3n) is 5.05. The molecule has 0 aliphatic rings. The average Bonchev–Trinajstić information content (AvgIpc) is 2.97. The maximum Gasteiger partial charge on any atom is 0.338 e. The van der Waals surface area contributed by atoms with E-state index in [2.05, 4.69) is 5.32 Å². The van der Waals surface area contributed by atoms with Crippen LogP contribution in [0.3, 0.4) is 0 Å². The highest BCUT2D eigenvalue weighted by atomic mass is 16.5. The highest BCUT2D eigenvalue weighted by Gasteiger charge is 2.23. The summed E-state index contributed by atoms with van der Waals surface area (Å²) in [6, 6.07) is 16.0. The van der Waals surface area contributed by atoms with Crippen molar-refractivity contribution in [2.75, 3.05) is 24.3 Å². The number of hydrogen-bond acceptors (Lipinski definition) is 5. The van der Waals surface area contributed by atoms with Crippen LogP contribution >= 0.6 is 0 Å². The van der Waals surface area contributed by atoms with Gasteiger partial charge in [0.2, 0.25) is 0 Å². The first-order valence-corrected chi connectivity index (χ1v) is 9.84. The molecular formula is C23H26N4O4. The van der Waals surface area contributed by atoms with Crippen LogP contribution in [0, 0.1) is 6.92 Å². The monoisotopic (exact) mass is 422 g/mol. The molecule has 1 atom stereocenters. The molecule has 1 heterocycles. The Bertz CT molecular complexity index is 1160. The van der Waals surface area contributed by atoms with Crippen LogP contribution in [-0.4, -0.2) is 41.4 Å². The molecule has 2 aromatic carbocycles. The van der Waals surface area contributed by atoms with Crippen LogP contribution in [0.25, 0.3) is 5.69 Å². The van der Waals surface area contributed by atoms with Gasteiger partial charge in [-0.05, 0) is 44.2 Å². The SMILES string of the molecule is Cc1c(NC(=O)[C@H](C)OC(=O)c2cccc(N(C)C)c2)c(=O)n(-c2ccccc2)n1C. The molecule has 8 nitrogen and oxygen atoms in total. The van der Waals surface area contributed by atoms with E-state index < -0.39 is 18.0 Å². The lowest BCUT2D eigenvalue weighted by atomic mass is 10.2. The van der Waals surface area contributed by atoms with Crippen LogP contribution in [0.1, 0.15) is 23.0 Å². The summed E-state index contributed by atoms with van der Waals surface area (Å²) in [5.74, 6) is -1.19. The van der Waals surface area contributed by atoms with Crippen molar-refractivity contribution in [1.82, 2.24) is 9.36 Å². The largest absolute Gasteiger partial charge is 0.449 e. The fourth-order valence-corrected chi connectivity index (χ4v) is 3.13. The van der Waals surface area contributed by atoms with Gasteiger partial charge in [0.1, 0.15) is 5.69 Å². The number of anilines is 2. The van der Waals surface area contributed by atoms with Gasteiger partial charge < -0.3 is 15.0 Å². The van der Waals surface area contributed by atoms with Crippen LogP contribution in [0.2, 0.25) is 0 Å². The lowest BCUT2D eigenvalue weighted by molar-refractivity contribution is -0.123. The van der Waals surface area contributed by atoms with Crippen molar-refractivity contribution in [3.63, 3.8) is 0 Å². The van der Waals surface area contributed by atoms with Crippen LogP contribution < -0.4 is 15.8 Å². The second-order valence-electron chi connectivity index (χ2n) is 7.42. The number of ether oxygens (including phenoxy) is 1. The third-order valence-corrected chi connectivity index (χ3v) is 5.05. The van der Waals surface area contributed by atoms with Gasteiger partial charge in [0.25, 0.3) is 11.5 Å². The van der Waals surface area contributed by atoms with Gasteiger partial charge in [-0.2, -0.15) is 0 Å². The van der Waals surface area contributed by atoms with Crippen molar-refractivity contribution < 1.29 is 14.3 Å². The van der Waals surface area contributed by atoms with Crippen molar-refractivity contribution in [2.45, 2.75) is 20.0 Å². The van der Waals surface area contributed by atoms with Crippen molar-refractivity contribution in [2.24, 2.45) is 7.05 Å². The van der Waals surface area contributed by atoms with Crippen LogP contribution in [0.5, 0.6) is 0 Å². The number of hydrogen-bond donors (Lipinski definition) is 1. The predicted octanol–water partition coefficient (Wildman–Crippen LogP) is 2.73. The van der Waals surface area contributed by atoms with Crippen LogP contribution in [0.15, 0.2) is 59.4 Å². The molecule has 3 aromatic rings. The molecule has 1 amide bonds. The van der Waals surface area contributed by atoms with E-state index in [9.17, 15) is 14.4 Å². The Morgan fingerprint density at radius 1 is 1.06 bits per heavy atom. The van der Waals surface area contributed by atoms with Crippen LogP contribution in [-0.2, 0) is 16.6 Å². The first-order chi connectivity index (χ1) is 14.7. The van der Waals surface area contributed by atoms with Gasteiger partial charge in [0, 0.05) is 26.8 Å². The zero-order valence-corrected chi connectivity index (χ0v) is 18.2. The Balaban J connectivity index is 1.77. The van der Waals surface area contributed by atoms with Gasteiger partial charge in [-0.1, -0.05) is 24.3 Å². The Labute approximate surface area is 180 Å². The maximum absolute atomic E-state index is 12.9. The van der Waals surface area contributed by atoms with Gasteiger partial charge in [0.05, 0.1) is 16.9 Å². The van der Waals surface area contributed by atoms with E-state index >= 15 is 0 Å². The minimum absolute atomic E-state index is 0.147. The van der Waals surface area contributed by atoms with Gasteiger partial charge in [-0.15, -0.1) is 0 Å². The summed E-state index contributed by atoms with van der Waals surface area (Å²) in [5.41, 5.74) is 2.23. The number of esters is 1. The molecule has 0 radical (unpaired) electrons. The highest BCUT2D eigenvalue weighted by Crippen LogP contribution is 2.17. The molecule has 8 heteroatoms. The first kappa shape index (κ1) is 21.9. The summed E-state index contributed by atoms with van der Waals surface area (Å²) < 4.78 is 8.45. The molecule has 0 aliphatic carbocycles. The molecule has 0 saturated heterocycles. The fourth-order valence-electron chi connectivity index (χ4n) is 3.13. The minimum Gasteiger partial charge on any atom is -0.449 e. The van der Waals surface area contributed by atoms with Gasteiger partial charge in [0.15, 0.2) is 6.10 Å². The number of aromatic nitrogens is 2. The molecule has 162 valence electrons. The third kappa shape index (κ3) is 4.53. The fraction of sp³-hybridized carbons (Fsp3) is 0.261. The smallest absolute Gasteiger partial charge is 0.338 e. The van der Waals surface area contributed by atoms with E-state index in [1.165, 1.54) is 11.6 Å². The van der Waals surface area contributed by atoms with Gasteiger partial charge in [-0.3, -0.25) is 14.3 Å². The second kappa shape index (κ2) is 8.91. The number of carbonyl (C=O) groups excluding carboxylic acids is 2. The average molecular weight is 422 g/mol. The summed E-state index contributed by atoms with van der Waals surface area (Å²) >= 11 is 0. The summed E-state index contributed by atoms with van der Waals surface area (Å²) in [7, 11) is 5.47. The van der Waals surface area contributed by atoms with Crippen molar-refractivity contribution in [3.05, 3.63) is 76.2 Å². The summed E-state index contributed by atoms with van der Waals surface area (Å²) in [6.45, 7) is 3.21. The second-order valence-corrected chi connectivity index (χ2v) is 7.42. The topological polar surface area (TPSA) is 85.6 Å². The van der Waals surface area contributed by atoms with E-state index in [0.29, 0.717) is 16.9 Å². The van der Waals surface area contributed by atoms with Crippen molar-refractivity contribution in [3.8, 4) is 5.69 Å². The minimum atomic E-state index is -1.08. The van der Waals surface area contributed by atoms with Gasteiger partial charge in [-0.25, -0.2) is 9.48 Å². The lowest BCUT2D eigenvalue weighted by Crippen LogP contribution is -2.32. The lowest BCUT2D eigenvalue weighted by Gasteiger charge is -2.15. The Morgan fingerprint density at radius 3 is 2.39 bits per heavy atom. The molecule has 1 aromatic heterocycles. The van der Waals surface area contributed by atoms with Crippen LogP contribution in [0.4, 0.5) is 11.4 Å². The van der Waals surface area contributed by atoms with Crippen molar-refractivity contribution >= 4 is 23.3 Å². The zero-order valence-electron chi connectivity index (χ0n) is 18.2. The molecule has 0 aliphatic heterocycles. The standard InChI is InChI=1S/C23H26N4O4/c1-15-20(22(29)27(26(15)5)18-11-7-6-8-12-18)24-21(28)16(2)31-23(30)17-10-9-13-19(14-17)25(3)4/h6-14,16H,1-5H3,(H,24,28)/t16-/m0/s1. The number of nitrogens with zero attached hydrogens (tertiary/aromatic N) is 3. The number of nitrogens with one attached hydrogen (secondary N) is 1. The van der Waals surface area contributed by atoms with E-state index in [4.69, 9.17) is 4.74 Å². The number of para-hydroxylation sites is 1. The molecule has 1 N–H and O–H groups in total. The molecular weight excluding hydrogens is 396 g/mol. The number of carbonyl (C=O) groups is 2.